The van der Waals surface area contributed by atoms with Crippen LogP contribution >= 0.6 is 0 Å². The number of carbonyl (C=O) groups excluding carboxylic acids is 1. The summed E-state index contributed by atoms with van der Waals surface area (Å²) in [5.74, 6) is -0.429. The fraction of sp³-hybridized carbons (Fsp3) is 0.692. The molecular weight excluding hydrogens is 246 g/mol. The van der Waals surface area contributed by atoms with Crippen LogP contribution < -0.4 is 4.90 Å². The van der Waals surface area contributed by atoms with E-state index in [1.165, 1.54) is 12.7 Å². The minimum atomic E-state index is -0.429. The SMILES string of the molecule is CCCN1CCN(c2nc(C(=O)OCC)co2)CC1. The number of aromatic nitrogens is 1. The summed E-state index contributed by atoms with van der Waals surface area (Å²) in [5, 5.41) is 0. The standard InChI is InChI=1S/C13H21N3O3/c1-3-5-15-6-8-16(9-7-15)13-14-11(10-19-13)12(17)18-4-2/h10H,3-9H2,1-2H3. The number of carbonyl (C=O) groups is 1. The molecule has 0 N–H and O–H groups in total. The van der Waals surface area contributed by atoms with Gasteiger partial charge in [0.2, 0.25) is 0 Å². The van der Waals surface area contributed by atoms with Crippen molar-refractivity contribution < 1.29 is 13.9 Å². The minimum absolute atomic E-state index is 0.243. The van der Waals surface area contributed by atoms with E-state index in [2.05, 4.69) is 21.7 Å². The van der Waals surface area contributed by atoms with Crippen LogP contribution in [0.15, 0.2) is 10.7 Å². The summed E-state index contributed by atoms with van der Waals surface area (Å²) in [4.78, 5) is 20.2. The lowest BCUT2D eigenvalue weighted by Crippen LogP contribution is -2.46. The van der Waals surface area contributed by atoms with Crippen molar-refractivity contribution in [1.82, 2.24) is 9.88 Å². The number of hydrogen-bond donors (Lipinski definition) is 0. The smallest absolute Gasteiger partial charge is 0.360 e. The van der Waals surface area contributed by atoms with E-state index in [4.69, 9.17) is 9.15 Å². The first-order valence-corrected chi connectivity index (χ1v) is 6.84. The van der Waals surface area contributed by atoms with Gasteiger partial charge in [-0.1, -0.05) is 6.92 Å². The zero-order chi connectivity index (χ0) is 13.7. The normalized spacial score (nSPS) is 16.6. The number of hydrogen-bond acceptors (Lipinski definition) is 6. The number of esters is 1. The Kier molecular flexibility index (Phi) is 4.79. The number of piperazine rings is 1. The van der Waals surface area contributed by atoms with Crippen molar-refractivity contribution in [2.24, 2.45) is 0 Å². The third-order valence-corrected chi connectivity index (χ3v) is 3.16. The van der Waals surface area contributed by atoms with Crippen molar-refractivity contribution in [3.63, 3.8) is 0 Å². The van der Waals surface area contributed by atoms with Crippen molar-refractivity contribution in [3.05, 3.63) is 12.0 Å². The molecule has 0 unspecified atom stereocenters. The van der Waals surface area contributed by atoms with Crippen molar-refractivity contribution in [1.29, 1.82) is 0 Å². The lowest BCUT2D eigenvalue weighted by molar-refractivity contribution is 0.0519. The first kappa shape index (κ1) is 13.9. The second kappa shape index (κ2) is 6.56. The maximum atomic E-state index is 11.5. The quantitative estimate of drug-likeness (QED) is 0.751. The molecule has 0 aliphatic carbocycles. The number of rotatable bonds is 5. The van der Waals surface area contributed by atoms with Crippen LogP contribution in [0.2, 0.25) is 0 Å². The van der Waals surface area contributed by atoms with Gasteiger partial charge in [-0.15, -0.1) is 0 Å². The summed E-state index contributed by atoms with van der Waals surface area (Å²) >= 11 is 0. The van der Waals surface area contributed by atoms with Crippen LogP contribution in [0.5, 0.6) is 0 Å². The molecule has 6 heteroatoms. The van der Waals surface area contributed by atoms with Gasteiger partial charge in [-0.05, 0) is 19.9 Å². The molecule has 2 heterocycles. The van der Waals surface area contributed by atoms with E-state index in [1.807, 2.05) is 0 Å². The van der Waals surface area contributed by atoms with Crippen molar-refractivity contribution in [2.45, 2.75) is 20.3 Å². The molecule has 6 nitrogen and oxygen atoms in total. The lowest BCUT2D eigenvalue weighted by atomic mass is 10.3. The molecule has 1 aliphatic rings. The summed E-state index contributed by atoms with van der Waals surface area (Å²) in [5.41, 5.74) is 0.243. The second-order valence-corrected chi connectivity index (χ2v) is 4.56. The van der Waals surface area contributed by atoms with Crippen LogP contribution in [-0.4, -0.2) is 55.2 Å². The summed E-state index contributed by atoms with van der Waals surface area (Å²) in [6.45, 7) is 9.20. The van der Waals surface area contributed by atoms with Gasteiger partial charge in [0.05, 0.1) is 6.61 Å². The Morgan fingerprint density at radius 3 is 2.74 bits per heavy atom. The first-order chi connectivity index (χ1) is 9.24. The summed E-state index contributed by atoms with van der Waals surface area (Å²) in [6.07, 6.45) is 2.54. The monoisotopic (exact) mass is 267 g/mol. The lowest BCUT2D eigenvalue weighted by Gasteiger charge is -2.33. The van der Waals surface area contributed by atoms with E-state index < -0.39 is 5.97 Å². The average Bonchev–Trinajstić information content (AvgIpc) is 2.90. The third-order valence-electron chi connectivity index (χ3n) is 3.16. The minimum Gasteiger partial charge on any atom is -0.461 e. The van der Waals surface area contributed by atoms with Crippen molar-refractivity contribution in [2.75, 3.05) is 44.2 Å². The molecule has 1 aliphatic heterocycles. The van der Waals surface area contributed by atoms with Gasteiger partial charge in [0.1, 0.15) is 6.26 Å². The fourth-order valence-corrected chi connectivity index (χ4v) is 2.19. The number of nitrogens with zero attached hydrogens (tertiary/aromatic N) is 3. The Hall–Kier alpha value is -1.56. The largest absolute Gasteiger partial charge is 0.461 e. The molecule has 0 radical (unpaired) electrons. The molecule has 19 heavy (non-hydrogen) atoms. The number of anilines is 1. The summed E-state index contributed by atoms with van der Waals surface area (Å²) in [6, 6.07) is 0.513. The highest BCUT2D eigenvalue weighted by Gasteiger charge is 2.21. The van der Waals surface area contributed by atoms with Gasteiger partial charge in [-0.2, -0.15) is 4.98 Å². The molecule has 0 spiro atoms. The second-order valence-electron chi connectivity index (χ2n) is 4.56. The van der Waals surface area contributed by atoms with Gasteiger partial charge in [-0.25, -0.2) is 4.79 Å². The molecule has 1 aromatic heterocycles. The van der Waals surface area contributed by atoms with Crippen LogP contribution in [-0.2, 0) is 4.74 Å². The van der Waals surface area contributed by atoms with Crippen LogP contribution in [0.3, 0.4) is 0 Å². The molecule has 0 aromatic carbocycles. The number of ether oxygens (including phenoxy) is 1. The van der Waals surface area contributed by atoms with Crippen LogP contribution in [0, 0.1) is 0 Å². The van der Waals surface area contributed by atoms with Crippen LogP contribution in [0.1, 0.15) is 30.8 Å². The molecule has 1 fully saturated rings. The Morgan fingerprint density at radius 2 is 2.11 bits per heavy atom. The molecule has 2 rings (SSSR count). The van der Waals surface area contributed by atoms with Crippen LogP contribution in [0.4, 0.5) is 6.01 Å². The summed E-state index contributed by atoms with van der Waals surface area (Å²) in [7, 11) is 0. The van der Waals surface area contributed by atoms with Gasteiger partial charge < -0.3 is 14.1 Å². The molecule has 106 valence electrons. The summed E-state index contributed by atoms with van der Waals surface area (Å²) < 4.78 is 10.3. The maximum absolute atomic E-state index is 11.5. The van der Waals surface area contributed by atoms with E-state index in [1.54, 1.807) is 6.92 Å². The highest BCUT2D eigenvalue weighted by molar-refractivity contribution is 5.87. The zero-order valence-electron chi connectivity index (χ0n) is 11.6. The van der Waals surface area contributed by atoms with E-state index >= 15 is 0 Å². The maximum Gasteiger partial charge on any atom is 0.360 e. The van der Waals surface area contributed by atoms with Crippen molar-refractivity contribution in [3.8, 4) is 0 Å². The molecule has 0 amide bonds. The Balaban J connectivity index is 1.91. The topological polar surface area (TPSA) is 58.8 Å². The first-order valence-electron chi connectivity index (χ1n) is 6.84. The van der Waals surface area contributed by atoms with Gasteiger partial charge in [-0.3, -0.25) is 4.90 Å². The zero-order valence-corrected chi connectivity index (χ0v) is 11.6. The molecule has 0 atom stereocenters. The predicted octanol–water partition coefficient (Wildman–Crippen LogP) is 1.38. The molecule has 0 saturated carbocycles. The van der Waals surface area contributed by atoms with Gasteiger partial charge in [0.25, 0.3) is 6.01 Å². The van der Waals surface area contributed by atoms with Gasteiger partial charge >= 0.3 is 5.97 Å². The number of oxazole rings is 1. The molecule has 1 aromatic rings. The van der Waals surface area contributed by atoms with E-state index in [9.17, 15) is 4.79 Å². The van der Waals surface area contributed by atoms with Crippen molar-refractivity contribution >= 4 is 12.0 Å². The average molecular weight is 267 g/mol. The van der Waals surface area contributed by atoms with Crippen LogP contribution in [0.25, 0.3) is 0 Å². The Bertz CT molecular complexity index is 411. The highest BCUT2D eigenvalue weighted by Crippen LogP contribution is 2.16. The molecule has 1 saturated heterocycles. The Labute approximate surface area is 113 Å². The van der Waals surface area contributed by atoms with E-state index in [0.717, 1.165) is 32.7 Å². The highest BCUT2D eigenvalue weighted by atomic mass is 16.5. The third kappa shape index (κ3) is 3.47. The molecular formula is C13H21N3O3. The molecule has 0 bridgehead atoms. The predicted molar refractivity (Wildman–Crippen MR) is 71.4 cm³/mol. The van der Waals surface area contributed by atoms with Gasteiger partial charge in [0, 0.05) is 26.2 Å². The fourth-order valence-electron chi connectivity index (χ4n) is 2.19. The van der Waals surface area contributed by atoms with E-state index in [0.29, 0.717) is 12.6 Å². The van der Waals surface area contributed by atoms with E-state index in [-0.39, 0.29) is 5.69 Å². The Morgan fingerprint density at radius 1 is 1.37 bits per heavy atom. The van der Waals surface area contributed by atoms with Gasteiger partial charge in [0.15, 0.2) is 5.69 Å².